The molecule has 0 aliphatic carbocycles. The monoisotopic (exact) mass is 378 g/mol. The van der Waals surface area contributed by atoms with Gasteiger partial charge in [-0.3, -0.25) is 14.4 Å². The van der Waals surface area contributed by atoms with Crippen molar-refractivity contribution < 1.29 is 24.0 Å². The number of nitrogens with one attached hydrogen (secondary N) is 2. The van der Waals surface area contributed by atoms with Crippen LogP contribution in [0, 0.1) is 11.3 Å². The molecule has 1 aromatic carbocycles. The lowest BCUT2D eigenvalue weighted by Crippen LogP contribution is -2.42. The zero-order valence-corrected chi connectivity index (χ0v) is 16.7. The molecule has 2 N–H and O–H groups in total. The number of carbonyl (C=O) groups excluding carboxylic acids is 3. The Balaban J connectivity index is 2.68. The van der Waals surface area contributed by atoms with Crippen molar-refractivity contribution in [1.29, 1.82) is 0 Å². The van der Waals surface area contributed by atoms with E-state index in [-0.39, 0.29) is 24.9 Å². The lowest BCUT2D eigenvalue weighted by molar-refractivity contribution is -0.171. The molecule has 0 saturated heterocycles. The van der Waals surface area contributed by atoms with Crippen molar-refractivity contribution in [3.8, 4) is 0 Å². The Morgan fingerprint density at radius 1 is 1.07 bits per heavy atom. The molecule has 1 aromatic rings. The number of hydrogen-bond acceptors (Lipinski definition) is 5. The summed E-state index contributed by atoms with van der Waals surface area (Å²) in [4.78, 5) is 41.6. The lowest BCUT2D eigenvalue weighted by atomic mass is 9.96. The van der Waals surface area contributed by atoms with E-state index in [2.05, 4.69) is 10.8 Å². The van der Waals surface area contributed by atoms with Crippen molar-refractivity contribution >= 4 is 17.8 Å². The van der Waals surface area contributed by atoms with Crippen LogP contribution in [0.15, 0.2) is 30.3 Å². The lowest BCUT2D eigenvalue weighted by Gasteiger charge is -2.21. The van der Waals surface area contributed by atoms with Gasteiger partial charge in [0.2, 0.25) is 11.8 Å². The second-order valence-electron chi connectivity index (χ2n) is 7.78. The molecule has 0 spiro atoms. The highest BCUT2D eigenvalue weighted by Crippen LogP contribution is 2.13. The molecule has 0 aliphatic heterocycles. The molecule has 0 saturated carbocycles. The van der Waals surface area contributed by atoms with Crippen LogP contribution in [-0.2, 0) is 30.6 Å². The van der Waals surface area contributed by atoms with Gasteiger partial charge in [-0.25, -0.2) is 10.3 Å². The smallest absolute Gasteiger partial charge is 0.338 e. The third-order valence-electron chi connectivity index (χ3n) is 3.54. The highest BCUT2D eigenvalue weighted by Gasteiger charge is 2.28. The maximum absolute atomic E-state index is 12.4. The van der Waals surface area contributed by atoms with Crippen LogP contribution in [0.5, 0.6) is 0 Å². The zero-order chi connectivity index (χ0) is 20.4. The maximum Gasteiger partial charge on any atom is 0.338 e. The van der Waals surface area contributed by atoms with Crippen LogP contribution in [-0.4, -0.2) is 30.4 Å². The number of carbonyl (C=O) groups is 3. The Kier molecular flexibility index (Phi) is 8.94. The number of hydrogen-bond donors (Lipinski definition) is 2. The third kappa shape index (κ3) is 9.19. The summed E-state index contributed by atoms with van der Waals surface area (Å²) in [6.45, 7) is 9.61. The largest absolute Gasteiger partial charge is 0.459 e. The Morgan fingerprint density at radius 2 is 1.70 bits per heavy atom. The first kappa shape index (κ1) is 22.6. The van der Waals surface area contributed by atoms with Crippen molar-refractivity contribution in [1.82, 2.24) is 10.8 Å². The standard InChI is InChI=1S/C20H30N2O5/c1-14(2)12-21-17(23)11-16(27-22-19(25)20(3,4)5)18(24)26-13-15-9-7-6-8-10-15/h6-10,14,16H,11-13H2,1-5H3,(H,21,23)(H,22,25). The minimum absolute atomic E-state index is 0.0559. The van der Waals surface area contributed by atoms with Gasteiger partial charge in [0.1, 0.15) is 6.61 Å². The van der Waals surface area contributed by atoms with E-state index in [0.717, 1.165) is 5.56 Å². The summed E-state index contributed by atoms with van der Waals surface area (Å²) in [7, 11) is 0. The molecule has 1 rings (SSSR count). The average molecular weight is 378 g/mol. The van der Waals surface area contributed by atoms with E-state index in [4.69, 9.17) is 9.57 Å². The van der Waals surface area contributed by atoms with Gasteiger partial charge in [0.05, 0.1) is 6.42 Å². The number of rotatable bonds is 9. The molecule has 1 unspecified atom stereocenters. The Bertz CT molecular complexity index is 623. The Hall–Kier alpha value is -2.41. The molecule has 0 fully saturated rings. The zero-order valence-electron chi connectivity index (χ0n) is 16.7. The first-order chi connectivity index (χ1) is 12.6. The molecule has 7 nitrogen and oxygen atoms in total. The van der Waals surface area contributed by atoms with Crippen molar-refractivity contribution in [3.63, 3.8) is 0 Å². The van der Waals surface area contributed by atoms with E-state index < -0.39 is 23.4 Å². The molecular formula is C20H30N2O5. The van der Waals surface area contributed by atoms with Gasteiger partial charge in [0.15, 0.2) is 6.10 Å². The van der Waals surface area contributed by atoms with E-state index >= 15 is 0 Å². The molecule has 2 amide bonds. The van der Waals surface area contributed by atoms with E-state index in [0.29, 0.717) is 6.54 Å². The highest BCUT2D eigenvalue weighted by molar-refractivity contribution is 5.85. The molecule has 0 bridgehead atoms. The molecule has 1 atom stereocenters. The predicted molar refractivity (Wildman–Crippen MR) is 101 cm³/mol. The summed E-state index contributed by atoms with van der Waals surface area (Å²) in [5.74, 6) is -1.19. The fraction of sp³-hybridized carbons (Fsp3) is 0.550. The number of amides is 2. The summed E-state index contributed by atoms with van der Waals surface area (Å²) in [6, 6.07) is 9.16. The van der Waals surface area contributed by atoms with Gasteiger partial charge in [-0.05, 0) is 11.5 Å². The van der Waals surface area contributed by atoms with Crippen molar-refractivity contribution in [2.24, 2.45) is 11.3 Å². The van der Waals surface area contributed by atoms with E-state index in [1.807, 2.05) is 44.2 Å². The summed E-state index contributed by atoms with van der Waals surface area (Å²) in [5.41, 5.74) is 2.37. The molecular weight excluding hydrogens is 348 g/mol. The van der Waals surface area contributed by atoms with E-state index in [1.165, 1.54) is 0 Å². The van der Waals surface area contributed by atoms with Gasteiger partial charge in [0, 0.05) is 12.0 Å². The SMILES string of the molecule is CC(C)CNC(=O)CC(ONC(=O)C(C)(C)C)C(=O)OCc1ccccc1. The molecule has 0 radical (unpaired) electrons. The second kappa shape index (κ2) is 10.7. The van der Waals surface area contributed by atoms with Gasteiger partial charge in [-0.2, -0.15) is 0 Å². The second-order valence-corrected chi connectivity index (χ2v) is 7.78. The van der Waals surface area contributed by atoms with Crippen LogP contribution >= 0.6 is 0 Å². The highest BCUT2D eigenvalue weighted by atomic mass is 16.7. The first-order valence-corrected chi connectivity index (χ1v) is 9.03. The van der Waals surface area contributed by atoms with E-state index in [9.17, 15) is 14.4 Å². The predicted octanol–water partition coefficient (Wildman–Crippen LogP) is 2.35. The van der Waals surface area contributed by atoms with Crippen LogP contribution in [0.1, 0.15) is 46.6 Å². The first-order valence-electron chi connectivity index (χ1n) is 9.03. The van der Waals surface area contributed by atoms with Crippen LogP contribution in [0.4, 0.5) is 0 Å². The number of benzene rings is 1. The van der Waals surface area contributed by atoms with Gasteiger partial charge >= 0.3 is 5.97 Å². The van der Waals surface area contributed by atoms with Gasteiger partial charge in [0.25, 0.3) is 0 Å². The summed E-state index contributed by atoms with van der Waals surface area (Å²) < 4.78 is 5.24. The molecule has 150 valence electrons. The average Bonchev–Trinajstić information content (AvgIpc) is 2.61. The minimum Gasteiger partial charge on any atom is -0.459 e. The van der Waals surface area contributed by atoms with Crippen molar-refractivity contribution in [2.75, 3.05) is 6.54 Å². The summed E-state index contributed by atoms with van der Waals surface area (Å²) in [5, 5.41) is 2.72. The summed E-state index contributed by atoms with van der Waals surface area (Å²) in [6.07, 6.45) is -1.47. The van der Waals surface area contributed by atoms with Crippen LogP contribution in [0.3, 0.4) is 0 Å². The molecule has 0 aromatic heterocycles. The van der Waals surface area contributed by atoms with Gasteiger partial charge in [-0.1, -0.05) is 65.0 Å². The minimum atomic E-state index is -1.23. The number of hydroxylamine groups is 1. The Morgan fingerprint density at radius 3 is 2.26 bits per heavy atom. The number of ether oxygens (including phenoxy) is 1. The van der Waals surface area contributed by atoms with Gasteiger partial charge in [-0.15, -0.1) is 0 Å². The summed E-state index contributed by atoms with van der Waals surface area (Å²) >= 11 is 0. The molecule has 27 heavy (non-hydrogen) atoms. The number of esters is 1. The van der Waals surface area contributed by atoms with Crippen LogP contribution < -0.4 is 10.8 Å². The van der Waals surface area contributed by atoms with Crippen molar-refractivity contribution in [3.05, 3.63) is 35.9 Å². The van der Waals surface area contributed by atoms with Crippen LogP contribution in [0.2, 0.25) is 0 Å². The fourth-order valence-corrected chi connectivity index (χ4v) is 1.83. The Labute approximate surface area is 160 Å². The molecule has 7 heteroatoms. The topological polar surface area (TPSA) is 93.7 Å². The molecule has 0 heterocycles. The maximum atomic E-state index is 12.4. The quantitative estimate of drug-likeness (QED) is 0.508. The van der Waals surface area contributed by atoms with E-state index in [1.54, 1.807) is 20.8 Å². The fourth-order valence-electron chi connectivity index (χ4n) is 1.83. The third-order valence-corrected chi connectivity index (χ3v) is 3.54. The molecule has 0 aliphatic rings. The van der Waals surface area contributed by atoms with Crippen molar-refractivity contribution in [2.45, 2.75) is 53.8 Å². The normalized spacial score (nSPS) is 12.4. The van der Waals surface area contributed by atoms with Crippen LogP contribution in [0.25, 0.3) is 0 Å². The van der Waals surface area contributed by atoms with Gasteiger partial charge < -0.3 is 10.1 Å².